The van der Waals surface area contributed by atoms with Crippen molar-refractivity contribution in [2.24, 2.45) is 0 Å². The molecule has 4 atom stereocenters. The van der Waals surface area contributed by atoms with E-state index >= 15 is 0 Å². The molecule has 0 amide bonds. The van der Waals surface area contributed by atoms with Gasteiger partial charge in [-0.05, 0) is 47.4 Å². The van der Waals surface area contributed by atoms with Crippen LogP contribution in [0.15, 0.2) is 0 Å². The molecule has 6 nitrogen and oxygen atoms in total. The molecule has 26 heavy (non-hydrogen) atoms. The molecule has 1 aliphatic rings. The largest absolute Gasteiger partial charge is 0.382 e. The Morgan fingerprint density at radius 1 is 1.35 bits per heavy atom. The molecule has 0 aromatic rings. The lowest BCUT2D eigenvalue weighted by Gasteiger charge is -2.37. The molecule has 1 saturated heterocycles. The highest BCUT2D eigenvalue weighted by molar-refractivity contribution is 7.62. The van der Waals surface area contributed by atoms with E-state index < -0.39 is 21.7 Å². The number of nitriles is 1. The maximum atomic E-state index is 11.9. The summed E-state index contributed by atoms with van der Waals surface area (Å²) in [6, 6.07) is 2.06. The van der Waals surface area contributed by atoms with E-state index in [1.54, 1.807) is 13.3 Å². The minimum atomic E-state index is -2.07. The highest BCUT2D eigenvalue weighted by Crippen LogP contribution is 2.49. The third kappa shape index (κ3) is 8.38. The maximum Gasteiger partial charge on any atom is 0.259 e. The highest BCUT2D eigenvalue weighted by Gasteiger charge is 2.38. The number of rotatable bonds is 11. The molecule has 2 radical (unpaired) electrons. The normalized spacial score (nSPS) is 25.2. The van der Waals surface area contributed by atoms with E-state index in [1.807, 2.05) is 0 Å². The van der Waals surface area contributed by atoms with Crippen molar-refractivity contribution in [3.8, 4) is 6.07 Å². The molecule has 0 aliphatic carbocycles. The van der Waals surface area contributed by atoms with Gasteiger partial charge in [-0.15, -0.1) is 0 Å². The minimum Gasteiger partial charge on any atom is -0.382 e. The van der Waals surface area contributed by atoms with Gasteiger partial charge in [0.25, 0.3) is 8.53 Å². The van der Waals surface area contributed by atoms with E-state index in [0.29, 0.717) is 25.6 Å². The second-order valence-electron chi connectivity index (χ2n) is 7.74. The molecule has 0 bridgehead atoms. The molecule has 0 saturated carbocycles. The third-order valence-electron chi connectivity index (χ3n) is 4.09. The Morgan fingerprint density at radius 3 is 2.46 bits per heavy atom. The first-order valence-electron chi connectivity index (χ1n) is 9.25. The maximum absolute atomic E-state index is 11.9. The van der Waals surface area contributed by atoms with E-state index in [-0.39, 0.29) is 24.3 Å². The fraction of sp³-hybridized carbons (Fsp3) is 0.941. The van der Waals surface area contributed by atoms with Crippen LogP contribution in [-0.4, -0.2) is 68.9 Å². The van der Waals surface area contributed by atoms with Crippen molar-refractivity contribution in [1.29, 1.82) is 5.26 Å². The zero-order valence-electron chi connectivity index (χ0n) is 16.9. The van der Waals surface area contributed by atoms with Crippen molar-refractivity contribution in [3.63, 3.8) is 0 Å². The lowest BCUT2D eigenvalue weighted by atomic mass is 9.94. The second kappa shape index (κ2) is 11.2. The zero-order chi connectivity index (χ0) is 19.9. The summed E-state index contributed by atoms with van der Waals surface area (Å²) < 4.78 is 32.1. The SMILES string of the molecule is [B][C@@H]1O[C@H](CCP(C)(C)=O)C[C@@H]1OP(OCCC#N)N(C(C)C)C(C)C. The molecule has 1 rings (SSSR count). The Morgan fingerprint density at radius 2 is 1.96 bits per heavy atom. The first-order chi connectivity index (χ1) is 12.0. The molecular weight excluding hydrogens is 369 g/mol. The van der Waals surface area contributed by atoms with Crippen LogP contribution in [0.1, 0.15) is 47.0 Å². The van der Waals surface area contributed by atoms with Crippen LogP contribution in [0, 0.1) is 11.3 Å². The fourth-order valence-corrected chi connectivity index (χ4v) is 5.56. The smallest absolute Gasteiger partial charge is 0.259 e. The Kier molecular flexibility index (Phi) is 10.3. The van der Waals surface area contributed by atoms with Crippen molar-refractivity contribution in [3.05, 3.63) is 0 Å². The molecule has 1 unspecified atom stereocenters. The standard InChI is InChI=1S/C17H33BN2O4P2/c1-13(2)20(14(3)4)25(22-10-7-9-19)24-16-12-15(23-17(16)18)8-11-26(5,6)21/h13-17H,7-8,10-12H2,1-6H3/t15-,16+,17-,25?/m1/s1. The van der Waals surface area contributed by atoms with Gasteiger partial charge >= 0.3 is 0 Å². The fourth-order valence-electron chi connectivity index (χ4n) is 2.91. The van der Waals surface area contributed by atoms with Gasteiger partial charge in [-0.25, -0.2) is 4.67 Å². The van der Waals surface area contributed by atoms with Crippen LogP contribution < -0.4 is 0 Å². The number of ether oxygens (including phenoxy) is 1. The van der Waals surface area contributed by atoms with Crippen molar-refractivity contribution >= 4 is 23.5 Å². The van der Waals surface area contributed by atoms with Gasteiger partial charge in [0, 0.05) is 30.7 Å². The number of hydrogen-bond donors (Lipinski definition) is 0. The van der Waals surface area contributed by atoms with Gasteiger partial charge in [0.2, 0.25) is 0 Å². The molecule has 9 heteroatoms. The van der Waals surface area contributed by atoms with Gasteiger partial charge in [-0.3, -0.25) is 0 Å². The summed E-state index contributed by atoms with van der Waals surface area (Å²) in [5.41, 5.74) is 0. The lowest BCUT2D eigenvalue weighted by molar-refractivity contribution is 0.0582. The van der Waals surface area contributed by atoms with Gasteiger partial charge in [0.1, 0.15) is 7.85 Å². The molecule has 1 heterocycles. The van der Waals surface area contributed by atoms with Gasteiger partial charge in [-0.1, -0.05) is 0 Å². The number of hydrogen-bond acceptors (Lipinski definition) is 6. The van der Waals surface area contributed by atoms with Gasteiger partial charge in [-0.2, -0.15) is 5.26 Å². The second-order valence-corrected chi connectivity index (χ2v) is 12.7. The van der Waals surface area contributed by atoms with Crippen LogP contribution in [0.4, 0.5) is 0 Å². The van der Waals surface area contributed by atoms with Crippen LogP contribution in [0.2, 0.25) is 0 Å². The van der Waals surface area contributed by atoms with E-state index in [2.05, 4.69) is 38.4 Å². The first kappa shape index (κ1) is 24.1. The summed E-state index contributed by atoms with van der Waals surface area (Å²) in [4.78, 5) is 0. The Bertz CT molecular complexity index is 501. The third-order valence-corrected chi connectivity index (χ3v) is 7.58. The Balaban J connectivity index is 2.73. The van der Waals surface area contributed by atoms with Crippen molar-refractivity contribution in [1.82, 2.24) is 4.67 Å². The lowest BCUT2D eigenvalue weighted by Crippen LogP contribution is -2.36. The van der Waals surface area contributed by atoms with E-state index in [1.165, 1.54) is 0 Å². The Labute approximate surface area is 161 Å². The summed E-state index contributed by atoms with van der Waals surface area (Å²) >= 11 is 0. The number of nitrogens with zero attached hydrogens (tertiary/aromatic N) is 2. The average Bonchev–Trinajstić information content (AvgIpc) is 2.84. The van der Waals surface area contributed by atoms with Crippen LogP contribution in [0.25, 0.3) is 0 Å². The first-order valence-corrected chi connectivity index (χ1v) is 13.2. The van der Waals surface area contributed by atoms with Crippen LogP contribution in [-0.2, 0) is 18.3 Å². The van der Waals surface area contributed by atoms with Crippen LogP contribution in [0.5, 0.6) is 0 Å². The predicted molar refractivity (Wildman–Crippen MR) is 108 cm³/mol. The molecule has 1 fully saturated rings. The highest BCUT2D eigenvalue weighted by atomic mass is 31.2. The zero-order valence-corrected chi connectivity index (χ0v) is 18.7. The summed E-state index contributed by atoms with van der Waals surface area (Å²) in [5.74, 6) is 0. The van der Waals surface area contributed by atoms with Crippen LogP contribution in [0.3, 0.4) is 0 Å². The minimum absolute atomic E-state index is 0.0364. The average molecular weight is 402 g/mol. The van der Waals surface area contributed by atoms with Crippen molar-refractivity contribution < 1.29 is 18.3 Å². The Hall–Kier alpha value is 0.0549. The molecule has 1 aliphatic heterocycles. The summed E-state index contributed by atoms with van der Waals surface area (Å²) in [6.45, 7) is 12.3. The molecule has 0 N–H and O–H groups in total. The van der Waals surface area contributed by atoms with Gasteiger partial charge < -0.3 is 18.3 Å². The molecule has 0 spiro atoms. The van der Waals surface area contributed by atoms with E-state index in [9.17, 15) is 4.57 Å². The summed E-state index contributed by atoms with van der Waals surface area (Å²) in [7, 11) is 2.73. The van der Waals surface area contributed by atoms with Gasteiger partial charge in [0.15, 0.2) is 0 Å². The molecule has 0 aromatic heterocycles. The quantitative estimate of drug-likeness (QED) is 0.296. The van der Waals surface area contributed by atoms with E-state index in [0.717, 1.165) is 6.42 Å². The molecular formula is C17H33BN2O4P2. The molecule has 148 valence electrons. The van der Waals surface area contributed by atoms with Crippen molar-refractivity contribution in [2.45, 2.75) is 77.3 Å². The summed E-state index contributed by atoms with van der Waals surface area (Å²) in [5, 5.41) is 8.78. The summed E-state index contributed by atoms with van der Waals surface area (Å²) in [6.07, 6.45) is 2.07. The molecule has 0 aromatic carbocycles. The monoisotopic (exact) mass is 402 g/mol. The van der Waals surface area contributed by atoms with Crippen molar-refractivity contribution in [2.75, 3.05) is 26.1 Å². The van der Waals surface area contributed by atoms with Crippen LogP contribution >= 0.6 is 15.7 Å². The van der Waals surface area contributed by atoms with E-state index in [4.69, 9.17) is 26.9 Å². The topological polar surface area (TPSA) is 71.8 Å². The predicted octanol–water partition coefficient (Wildman–Crippen LogP) is 3.94. The van der Waals surface area contributed by atoms with Gasteiger partial charge in [0.05, 0.1) is 38.4 Å².